The molecule has 15 nitrogen and oxygen atoms in total. The van der Waals surface area contributed by atoms with Gasteiger partial charge in [-0.05, 0) is 19.8 Å². The van der Waals surface area contributed by atoms with Crippen molar-refractivity contribution in [2.24, 2.45) is 17.4 Å². The van der Waals surface area contributed by atoms with Crippen LogP contribution in [0.4, 0.5) is 0 Å². The molecule has 40 heavy (non-hydrogen) atoms. The van der Waals surface area contributed by atoms with Crippen LogP contribution in [0.5, 0.6) is 0 Å². The van der Waals surface area contributed by atoms with Crippen LogP contribution in [0.1, 0.15) is 51.9 Å². The summed E-state index contributed by atoms with van der Waals surface area (Å²) in [5.41, 5.74) is 11.0. The van der Waals surface area contributed by atoms with Crippen molar-refractivity contribution >= 4 is 68.7 Å². The van der Waals surface area contributed by atoms with Crippen LogP contribution in [0.2, 0.25) is 0 Å². The second-order valence-corrected chi connectivity index (χ2v) is 11.4. The molecule has 0 aliphatic rings. The highest BCUT2D eigenvalue weighted by atomic mass is 33.1. The first kappa shape index (κ1) is 37.0. The van der Waals surface area contributed by atoms with E-state index in [2.05, 4.69) is 10.6 Å². The number of rotatable bonds is 23. The largest absolute Gasteiger partial charge is 0.481 e. The fourth-order valence-corrected chi connectivity index (χ4v) is 5.48. The van der Waals surface area contributed by atoms with Crippen LogP contribution in [0.15, 0.2) is 0 Å². The molecule has 0 aromatic carbocycles. The van der Waals surface area contributed by atoms with Crippen molar-refractivity contribution in [3.63, 3.8) is 0 Å². The molecule has 0 aromatic rings. The van der Waals surface area contributed by atoms with Crippen LogP contribution in [0.25, 0.3) is 0 Å². The molecular formula is C23H36N4O11S2. The van der Waals surface area contributed by atoms with Gasteiger partial charge in [0.05, 0.1) is 24.4 Å². The first-order valence-corrected chi connectivity index (χ1v) is 14.7. The average Bonchev–Trinajstić information content (AvgIpc) is 2.87. The lowest BCUT2D eigenvalue weighted by Gasteiger charge is -2.19. The number of carboxylic acids is 3. The molecule has 0 heterocycles. The van der Waals surface area contributed by atoms with E-state index in [4.69, 9.17) is 26.8 Å². The second kappa shape index (κ2) is 19.9. The van der Waals surface area contributed by atoms with Gasteiger partial charge in [0.2, 0.25) is 11.8 Å². The summed E-state index contributed by atoms with van der Waals surface area (Å²) in [5.74, 6) is -7.30. The SMILES string of the molecule is CC(=O)[C@@H](N)CCC(=O)C[C@@H](CSSC[C@H](NC(=O)CC[C@H](N)C(=O)O)C(=O)CCC(=O)O)C(=O)NCC(=O)O. The number of ketones is 3. The minimum Gasteiger partial charge on any atom is -0.481 e. The van der Waals surface area contributed by atoms with Crippen LogP contribution in [0.3, 0.4) is 0 Å². The van der Waals surface area contributed by atoms with Crippen molar-refractivity contribution in [2.45, 2.75) is 70.0 Å². The molecule has 0 saturated heterocycles. The molecule has 9 N–H and O–H groups in total. The van der Waals surface area contributed by atoms with Gasteiger partial charge < -0.3 is 37.4 Å². The summed E-state index contributed by atoms with van der Waals surface area (Å²) in [7, 11) is 2.13. The van der Waals surface area contributed by atoms with E-state index in [0.29, 0.717) is 0 Å². The molecule has 17 heteroatoms. The van der Waals surface area contributed by atoms with Crippen molar-refractivity contribution in [3.05, 3.63) is 0 Å². The van der Waals surface area contributed by atoms with Gasteiger partial charge in [-0.2, -0.15) is 0 Å². The number of Topliss-reactive ketones (excluding diaryl/α,β-unsaturated/α-hetero) is 3. The van der Waals surface area contributed by atoms with E-state index in [1.54, 1.807) is 0 Å². The number of nitrogens with one attached hydrogen (secondary N) is 2. The van der Waals surface area contributed by atoms with Crippen molar-refractivity contribution in [1.82, 2.24) is 10.6 Å². The topological polar surface area (TPSA) is 273 Å². The number of hydrogen-bond donors (Lipinski definition) is 7. The summed E-state index contributed by atoms with van der Waals surface area (Å²) in [6.45, 7) is 0.631. The summed E-state index contributed by atoms with van der Waals surface area (Å²) in [6, 6.07) is -3.21. The van der Waals surface area contributed by atoms with Gasteiger partial charge in [0.1, 0.15) is 24.2 Å². The minimum absolute atomic E-state index is 0.0259. The third kappa shape index (κ3) is 17.5. The molecule has 226 valence electrons. The zero-order valence-corrected chi connectivity index (χ0v) is 23.6. The molecule has 0 bridgehead atoms. The van der Waals surface area contributed by atoms with Gasteiger partial charge in [-0.1, -0.05) is 21.6 Å². The Labute approximate surface area is 238 Å². The molecule has 0 unspecified atom stereocenters. The molecular weight excluding hydrogens is 572 g/mol. The van der Waals surface area contributed by atoms with Gasteiger partial charge in [-0.15, -0.1) is 0 Å². The Kier molecular flexibility index (Phi) is 18.4. The smallest absolute Gasteiger partial charge is 0.322 e. The van der Waals surface area contributed by atoms with E-state index in [1.807, 2.05) is 0 Å². The summed E-state index contributed by atoms with van der Waals surface area (Å²) in [4.78, 5) is 93.4. The van der Waals surface area contributed by atoms with E-state index in [0.717, 1.165) is 21.6 Å². The van der Waals surface area contributed by atoms with Crippen LogP contribution >= 0.6 is 21.6 Å². The van der Waals surface area contributed by atoms with E-state index >= 15 is 0 Å². The Bertz CT molecular complexity index is 874. The molecule has 0 aliphatic carbocycles. The second-order valence-electron chi connectivity index (χ2n) is 8.84. The maximum Gasteiger partial charge on any atom is 0.322 e. The Morgan fingerprint density at radius 2 is 1.38 bits per heavy atom. The number of carboxylic acid groups (broad SMARTS) is 3. The molecule has 0 rings (SSSR count). The van der Waals surface area contributed by atoms with Crippen molar-refractivity contribution in [2.75, 3.05) is 18.1 Å². The van der Waals surface area contributed by atoms with Crippen LogP contribution in [-0.2, 0) is 38.4 Å². The summed E-state index contributed by atoms with van der Waals surface area (Å²) in [5, 5.41) is 31.2. The maximum absolute atomic E-state index is 12.5. The van der Waals surface area contributed by atoms with E-state index in [1.165, 1.54) is 6.92 Å². The van der Waals surface area contributed by atoms with Gasteiger partial charge in [0, 0.05) is 37.2 Å². The van der Waals surface area contributed by atoms with Crippen LogP contribution in [0, 0.1) is 5.92 Å². The quantitative estimate of drug-likeness (QED) is 0.0538. The summed E-state index contributed by atoms with van der Waals surface area (Å²) in [6.07, 6.45) is -1.50. The first-order chi connectivity index (χ1) is 18.6. The first-order valence-electron chi connectivity index (χ1n) is 12.2. The van der Waals surface area contributed by atoms with E-state index in [9.17, 15) is 38.4 Å². The highest BCUT2D eigenvalue weighted by Crippen LogP contribution is 2.27. The molecule has 0 spiro atoms. The predicted molar refractivity (Wildman–Crippen MR) is 145 cm³/mol. The maximum atomic E-state index is 12.5. The highest BCUT2D eigenvalue weighted by molar-refractivity contribution is 8.76. The molecule has 4 atom stereocenters. The van der Waals surface area contributed by atoms with E-state index < -0.39 is 72.5 Å². The zero-order chi connectivity index (χ0) is 30.8. The number of carbonyl (C=O) groups is 8. The Hall–Kier alpha value is -3.02. The molecule has 0 radical (unpaired) electrons. The number of amides is 2. The third-order valence-electron chi connectivity index (χ3n) is 5.41. The number of hydrogen-bond acceptors (Lipinski definition) is 12. The monoisotopic (exact) mass is 608 g/mol. The van der Waals surface area contributed by atoms with Gasteiger partial charge in [-0.25, -0.2) is 0 Å². The van der Waals surface area contributed by atoms with Crippen molar-refractivity contribution in [1.29, 1.82) is 0 Å². The normalized spacial score (nSPS) is 13.8. The Morgan fingerprint density at radius 1 is 0.775 bits per heavy atom. The van der Waals surface area contributed by atoms with Gasteiger partial charge in [0.15, 0.2) is 5.78 Å². The average molecular weight is 609 g/mol. The van der Waals surface area contributed by atoms with Crippen molar-refractivity contribution < 1.29 is 53.7 Å². The van der Waals surface area contributed by atoms with Crippen LogP contribution < -0.4 is 22.1 Å². The lowest BCUT2D eigenvalue weighted by Crippen LogP contribution is -2.43. The fraction of sp³-hybridized carbons (Fsp3) is 0.652. The molecule has 0 aliphatic heterocycles. The lowest BCUT2D eigenvalue weighted by molar-refractivity contribution is -0.139. The summed E-state index contributed by atoms with van der Waals surface area (Å²) < 4.78 is 0. The Balaban J connectivity index is 5.18. The molecule has 0 aromatic heterocycles. The van der Waals surface area contributed by atoms with E-state index in [-0.39, 0.29) is 61.6 Å². The number of aliphatic carboxylic acids is 3. The number of nitrogens with two attached hydrogens (primary N) is 2. The molecule has 0 fully saturated rings. The number of carbonyl (C=O) groups excluding carboxylic acids is 5. The standard InChI is InChI=1S/C23H36N4O11S2/c1-12(28)15(24)3-2-14(29)8-13(22(36)26-9-21(34)35)10-39-40-11-17(18(30)5-7-20(32)33)27-19(31)6-4-16(25)23(37)38/h13,15-17H,2-11,24-25H2,1H3,(H,26,36)(H,27,31)(H,32,33)(H,34,35)(H,37,38)/t13-,15-,16-,17-/m0/s1. The predicted octanol–water partition coefficient (Wildman–Crippen LogP) is -1.05. The zero-order valence-electron chi connectivity index (χ0n) is 22.0. The fourth-order valence-electron chi connectivity index (χ4n) is 2.97. The van der Waals surface area contributed by atoms with Crippen molar-refractivity contribution in [3.8, 4) is 0 Å². The minimum atomic E-state index is -1.30. The molecule has 2 amide bonds. The van der Waals surface area contributed by atoms with Gasteiger partial charge >= 0.3 is 17.9 Å². The Morgan fingerprint density at radius 3 is 1.93 bits per heavy atom. The lowest BCUT2D eigenvalue weighted by atomic mass is 9.98. The molecule has 0 saturated carbocycles. The van der Waals surface area contributed by atoms with Crippen LogP contribution in [-0.4, -0.2) is 98.6 Å². The van der Waals surface area contributed by atoms with Gasteiger partial charge in [-0.3, -0.25) is 38.4 Å². The third-order valence-corrected chi connectivity index (χ3v) is 7.90. The van der Waals surface area contributed by atoms with Gasteiger partial charge in [0.25, 0.3) is 0 Å². The highest BCUT2D eigenvalue weighted by Gasteiger charge is 2.26. The summed E-state index contributed by atoms with van der Waals surface area (Å²) >= 11 is 0.